The molecule has 1 atom stereocenters. The average Bonchev–Trinajstić information content (AvgIpc) is 2.47. The van der Waals surface area contributed by atoms with Crippen molar-refractivity contribution in [1.82, 2.24) is 10.3 Å². The van der Waals surface area contributed by atoms with E-state index < -0.39 is 0 Å². The van der Waals surface area contributed by atoms with Gasteiger partial charge in [-0.1, -0.05) is 18.2 Å². The van der Waals surface area contributed by atoms with Gasteiger partial charge in [-0.05, 0) is 26.8 Å². The van der Waals surface area contributed by atoms with Crippen molar-refractivity contribution in [3.8, 4) is 5.75 Å². The Morgan fingerprint density at radius 2 is 2.00 bits per heavy atom. The summed E-state index contributed by atoms with van der Waals surface area (Å²) in [6.07, 6.45) is 1.80. The van der Waals surface area contributed by atoms with E-state index in [-0.39, 0.29) is 11.9 Å². The largest absolute Gasteiger partial charge is 0.496 e. The minimum Gasteiger partial charge on any atom is -0.496 e. The van der Waals surface area contributed by atoms with E-state index in [1.807, 2.05) is 26.8 Å². The lowest BCUT2D eigenvalue weighted by molar-refractivity contribution is 0.406. The van der Waals surface area contributed by atoms with Crippen LogP contribution in [-0.4, -0.2) is 12.1 Å². The Morgan fingerprint density at radius 1 is 1.29 bits per heavy atom. The van der Waals surface area contributed by atoms with Gasteiger partial charge in [-0.2, -0.15) is 0 Å². The van der Waals surface area contributed by atoms with Crippen LogP contribution in [0, 0.1) is 19.7 Å². The lowest BCUT2D eigenvalue weighted by Gasteiger charge is -2.17. The number of aryl methyl sites for hydroxylation is 1. The monoisotopic (exact) mass is 288 g/mol. The molecule has 112 valence electrons. The van der Waals surface area contributed by atoms with Crippen LogP contribution in [0.1, 0.15) is 35.3 Å². The molecule has 0 radical (unpaired) electrons. The van der Waals surface area contributed by atoms with Crippen LogP contribution < -0.4 is 10.1 Å². The van der Waals surface area contributed by atoms with Crippen LogP contribution in [0.2, 0.25) is 0 Å². The highest BCUT2D eigenvalue weighted by Gasteiger charge is 2.13. The number of nitrogens with zero attached hydrogens (tertiary/aromatic N) is 1. The van der Waals surface area contributed by atoms with Crippen molar-refractivity contribution in [2.45, 2.75) is 33.4 Å². The molecule has 0 spiro atoms. The van der Waals surface area contributed by atoms with E-state index >= 15 is 0 Å². The summed E-state index contributed by atoms with van der Waals surface area (Å²) in [6.45, 7) is 6.47. The number of nitrogens with one attached hydrogen (secondary N) is 1. The third-order valence-electron chi connectivity index (χ3n) is 3.70. The zero-order chi connectivity index (χ0) is 15.4. The van der Waals surface area contributed by atoms with E-state index in [0.717, 1.165) is 22.6 Å². The van der Waals surface area contributed by atoms with Gasteiger partial charge in [0.05, 0.1) is 12.8 Å². The summed E-state index contributed by atoms with van der Waals surface area (Å²) >= 11 is 0. The van der Waals surface area contributed by atoms with Crippen LogP contribution in [0.25, 0.3) is 0 Å². The second-order valence-electron chi connectivity index (χ2n) is 5.17. The smallest absolute Gasteiger partial charge is 0.128 e. The molecule has 0 aliphatic carbocycles. The highest BCUT2D eigenvalue weighted by atomic mass is 19.1. The van der Waals surface area contributed by atoms with E-state index in [0.29, 0.717) is 12.1 Å². The minimum absolute atomic E-state index is 0.0836. The predicted molar refractivity (Wildman–Crippen MR) is 81.9 cm³/mol. The zero-order valence-corrected chi connectivity index (χ0v) is 12.9. The van der Waals surface area contributed by atoms with Crippen molar-refractivity contribution >= 4 is 0 Å². The molecule has 0 unspecified atom stereocenters. The third kappa shape index (κ3) is 3.39. The van der Waals surface area contributed by atoms with Gasteiger partial charge in [0, 0.05) is 35.5 Å². The van der Waals surface area contributed by atoms with Gasteiger partial charge in [0.15, 0.2) is 0 Å². The fourth-order valence-electron chi connectivity index (χ4n) is 2.44. The maximum absolute atomic E-state index is 13.7. The molecule has 1 heterocycles. The zero-order valence-electron chi connectivity index (χ0n) is 12.9. The normalized spacial score (nSPS) is 12.2. The molecule has 0 saturated heterocycles. The van der Waals surface area contributed by atoms with Gasteiger partial charge in [-0.25, -0.2) is 4.39 Å². The molecule has 0 amide bonds. The molecule has 2 aromatic rings. The first-order valence-electron chi connectivity index (χ1n) is 7.01. The number of hydrogen-bond acceptors (Lipinski definition) is 3. The minimum atomic E-state index is -0.191. The number of pyridine rings is 1. The molecular weight excluding hydrogens is 267 g/mol. The number of halogens is 1. The van der Waals surface area contributed by atoms with E-state index in [2.05, 4.69) is 10.3 Å². The maximum Gasteiger partial charge on any atom is 0.128 e. The van der Waals surface area contributed by atoms with Crippen molar-refractivity contribution in [2.75, 3.05) is 7.11 Å². The van der Waals surface area contributed by atoms with Gasteiger partial charge >= 0.3 is 0 Å². The molecule has 0 saturated carbocycles. The van der Waals surface area contributed by atoms with Crippen molar-refractivity contribution < 1.29 is 9.13 Å². The SMILES string of the molecule is COc1c(C)cnc(CN[C@H](C)c2ccccc2F)c1C. The first kappa shape index (κ1) is 15.4. The first-order valence-corrected chi connectivity index (χ1v) is 7.01. The standard InChI is InChI=1S/C17H21FN2O/c1-11-9-20-16(12(2)17(11)21-4)10-19-13(3)14-7-5-6-8-15(14)18/h5-9,13,19H,10H2,1-4H3/t13-/m1/s1. The number of rotatable bonds is 5. The Kier molecular flexibility index (Phi) is 4.91. The van der Waals surface area contributed by atoms with Crippen LogP contribution in [-0.2, 0) is 6.54 Å². The van der Waals surface area contributed by atoms with Crippen molar-refractivity contribution in [1.29, 1.82) is 0 Å². The molecule has 0 fully saturated rings. The van der Waals surface area contributed by atoms with Gasteiger partial charge in [-0.15, -0.1) is 0 Å². The molecule has 4 heteroatoms. The van der Waals surface area contributed by atoms with E-state index in [9.17, 15) is 4.39 Å². The van der Waals surface area contributed by atoms with Crippen LogP contribution >= 0.6 is 0 Å². The Bertz CT molecular complexity index is 628. The second-order valence-corrected chi connectivity index (χ2v) is 5.17. The first-order chi connectivity index (χ1) is 10.0. The van der Waals surface area contributed by atoms with Crippen LogP contribution in [0.4, 0.5) is 4.39 Å². The summed E-state index contributed by atoms with van der Waals surface area (Å²) in [5.74, 6) is 0.670. The molecule has 0 aliphatic heterocycles. The second kappa shape index (κ2) is 6.68. The molecular formula is C17H21FN2O. The van der Waals surface area contributed by atoms with Crippen molar-refractivity contribution in [2.24, 2.45) is 0 Å². The molecule has 0 aliphatic rings. The van der Waals surface area contributed by atoms with Gasteiger partial charge < -0.3 is 10.1 Å². The summed E-state index contributed by atoms with van der Waals surface area (Å²) in [6, 6.07) is 6.73. The molecule has 21 heavy (non-hydrogen) atoms. The Morgan fingerprint density at radius 3 is 2.67 bits per heavy atom. The van der Waals surface area contributed by atoms with E-state index in [1.54, 1.807) is 25.4 Å². The van der Waals surface area contributed by atoms with Gasteiger partial charge in [0.2, 0.25) is 0 Å². The number of aromatic nitrogens is 1. The Labute approximate surface area is 125 Å². The van der Waals surface area contributed by atoms with Crippen LogP contribution in [0.15, 0.2) is 30.5 Å². The predicted octanol–water partition coefficient (Wildman–Crippen LogP) is 3.70. The lowest BCUT2D eigenvalue weighted by Crippen LogP contribution is -2.20. The number of ether oxygens (including phenoxy) is 1. The summed E-state index contributed by atoms with van der Waals surface area (Å²) in [5, 5.41) is 3.31. The molecule has 3 nitrogen and oxygen atoms in total. The maximum atomic E-state index is 13.7. The molecule has 1 aromatic heterocycles. The highest BCUT2D eigenvalue weighted by molar-refractivity contribution is 5.41. The lowest BCUT2D eigenvalue weighted by atomic mass is 10.1. The van der Waals surface area contributed by atoms with E-state index in [4.69, 9.17) is 4.74 Å². The molecule has 1 N–H and O–H groups in total. The topological polar surface area (TPSA) is 34.1 Å². The van der Waals surface area contributed by atoms with Crippen molar-refractivity contribution in [3.05, 3.63) is 58.7 Å². The fraction of sp³-hybridized carbons (Fsp3) is 0.353. The molecule has 2 rings (SSSR count). The highest BCUT2D eigenvalue weighted by Crippen LogP contribution is 2.24. The molecule has 0 bridgehead atoms. The molecule has 1 aromatic carbocycles. The Hall–Kier alpha value is -1.94. The fourth-order valence-corrected chi connectivity index (χ4v) is 2.44. The van der Waals surface area contributed by atoms with Gasteiger partial charge in [0.25, 0.3) is 0 Å². The summed E-state index contributed by atoms with van der Waals surface area (Å²) in [7, 11) is 1.66. The van der Waals surface area contributed by atoms with Crippen LogP contribution in [0.5, 0.6) is 5.75 Å². The third-order valence-corrected chi connectivity index (χ3v) is 3.70. The van der Waals surface area contributed by atoms with Crippen LogP contribution in [0.3, 0.4) is 0 Å². The van der Waals surface area contributed by atoms with Gasteiger partial charge in [0.1, 0.15) is 11.6 Å². The van der Waals surface area contributed by atoms with E-state index in [1.165, 1.54) is 6.07 Å². The van der Waals surface area contributed by atoms with Gasteiger partial charge in [-0.3, -0.25) is 4.98 Å². The van der Waals surface area contributed by atoms with Crippen molar-refractivity contribution in [3.63, 3.8) is 0 Å². The Balaban J connectivity index is 2.12. The number of hydrogen-bond donors (Lipinski definition) is 1. The summed E-state index contributed by atoms with van der Waals surface area (Å²) in [5.41, 5.74) is 3.61. The average molecular weight is 288 g/mol. The number of methoxy groups -OCH3 is 1. The quantitative estimate of drug-likeness (QED) is 0.911. The number of benzene rings is 1. The summed E-state index contributed by atoms with van der Waals surface area (Å²) in [4.78, 5) is 4.44. The summed E-state index contributed by atoms with van der Waals surface area (Å²) < 4.78 is 19.1.